The maximum Gasteiger partial charge on any atom is 0.407 e. The van der Waals surface area contributed by atoms with E-state index in [0.717, 1.165) is 11.8 Å². The Kier molecular flexibility index (Phi) is 3.88. The lowest BCUT2D eigenvalue weighted by Crippen LogP contribution is -2.27. The lowest BCUT2D eigenvalue weighted by molar-refractivity contribution is -0.109. The van der Waals surface area contributed by atoms with Crippen molar-refractivity contribution in [2.24, 2.45) is 17.3 Å². The number of hydrogen-bond donors (Lipinski definition) is 1. The van der Waals surface area contributed by atoms with Crippen LogP contribution in [-0.4, -0.2) is 18.9 Å². The van der Waals surface area contributed by atoms with Gasteiger partial charge in [0.05, 0.1) is 0 Å². The first-order valence-electron chi connectivity index (χ1n) is 6.45. The molecule has 0 saturated heterocycles. The molecule has 19 heavy (non-hydrogen) atoms. The SMILES string of the molecule is CC1(C)[C@H](C=O)[C@@H]1CNC(=O)OCc1ccccc1. The van der Waals surface area contributed by atoms with E-state index in [0.29, 0.717) is 6.54 Å². The maximum atomic E-state index is 11.5. The van der Waals surface area contributed by atoms with Crippen LogP contribution in [0.5, 0.6) is 0 Å². The second-order valence-corrected chi connectivity index (χ2v) is 5.53. The van der Waals surface area contributed by atoms with Crippen LogP contribution in [-0.2, 0) is 16.1 Å². The van der Waals surface area contributed by atoms with Crippen molar-refractivity contribution in [3.05, 3.63) is 35.9 Å². The van der Waals surface area contributed by atoms with Crippen LogP contribution < -0.4 is 5.32 Å². The molecule has 1 aliphatic carbocycles. The first-order chi connectivity index (χ1) is 9.05. The number of nitrogens with one attached hydrogen (secondary N) is 1. The molecule has 1 aliphatic rings. The van der Waals surface area contributed by atoms with Crippen molar-refractivity contribution in [2.75, 3.05) is 6.54 Å². The molecule has 2 atom stereocenters. The zero-order valence-corrected chi connectivity index (χ0v) is 11.3. The number of amides is 1. The molecule has 4 nitrogen and oxygen atoms in total. The molecule has 1 amide bonds. The molecule has 0 radical (unpaired) electrons. The summed E-state index contributed by atoms with van der Waals surface area (Å²) < 4.78 is 5.10. The van der Waals surface area contributed by atoms with Gasteiger partial charge in [0.2, 0.25) is 0 Å². The molecule has 0 spiro atoms. The number of ether oxygens (including phenoxy) is 1. The molecule has 4 heteroatoms. The van der Waals surface area contributed by atoms with Gasteiger partial charge in [-0.3, -0.25) is 0 Å². The topological polar surface area (TPSA) is 55.4 Å². The summed E-state index contributed by atoms with van der Waals surface area (Å²) in [6.45, 7) is 4.82. The number of carbonyl (C=O) groups excluding carboxylic acids is 2. The van der Waals surface area contributed by atoms with E-state index in [4.69, 9.17) is 4.74 Å². The molecule has 0 aromatic heterocycles. The predicted octanol–water partition coefficient (Wildman–Crippen LogP) is 2.38. The monoisotopic (exact) mass is 261 g/mol. The van der Waals surface area contributed by atoms with E-state index in [1.54, 1.807) is 0 Å². The molecule has 0 bridgehead atoms. The van der Waals surface area contributed by atoms with Crippen molar-refractivity contribution in [1.82, 2.24) is 5.32 Å². The van der Waals surface area contributed by atoms with Crippen LogP contribution in [0.4, 0.5) is 4.79 Å². The first-order valence-corrected chi connectivity index (χ1v) is 6.45. The van der Waals surface area contributed by atoms with E-state index >= 15 is 0 Å². The molecule has 0 heterocycles. The molecule has 1 N–H and O–H groups in total. The fourth-order valence-electron chi connectivity index (χ4n) is 2.41. The van der Waals surface area contributed by atoms with Gasteiger partial charge >= 0.3 is 6.09 Å². The Bertz CT molecular complexity index is 456. The van der Waals surface area contributed by atoms with Gasteiger partial charge in [-0.15, -0.1) is 0 Å². The number of aldehydes is 1. The minimum atomic E-state index is -0.434. The summed E-state index contributed by atoms with van der Waals surface area (Å²) in [4.78, 5) is 22.3. The van der Waals surface area contributed by atoms with E-state index in [-0.39, 0.29) is 23.9 Å². The second-order valence-electron chi connectivity index (χ2n) is 5.53. The van der Waals surface area contributed by atoms with Crippen LogP contribution >= 0.6 is 0 Å². The van der Waals surface area contributed by atoms with Crippen molar-refractivity contribution in [2.45, 2.75) is 20.5 Å². The van der Waals surface area contributed by atoms with Gasteiger partial charge in [-0.1, -0.05) is 44.2 Å². The Morgan fingerprint density at radius 1 is 1.37 bits per heavy atom. The summed E-state index contributed by atoms with van der Waals surface area (Å²) in [5, 5.41) is 2.71. The lowest BCUT2D eigenvalue weighted by atomic mass is 10.1. The van der Waals surface area contributed by atoms with E-state index < -0.39 is 6.09 Å². The van der Waals surface area contributed by atoms with Gasteiger partial charge in [-0.05, 0) is 16.9 Å². The Morgan fingerprint density at radius 3 is 2.63 bits per heavy atom. The molecule has 0 aliphatic heterocycles. The van der Waals surface area contributed by atoms with Gasteiger partial charge in [0.15, 0.2) is 0 Å². The number of hydrogen-bond acceptors (Lipinski definition) is 3. The molecular formula is C15H19NO3. The largest absolute Gasteiger partial charge is 0.445 e. The Labute approximate surface area is 113 Å². The van der Waals surface area contributed by atoms with E-state index in [1.807, 2.05) is 44.2 Å². The molecule has 1 aromatic rings. The minimum absolute atomic E-state index is 0.00550. The highest BCUT2D eigenvalue weighted by Gasteiger charge is 2.57. The molecule has 1 fully saturated rings. The Hall–Kier alpha value is -1.84. The van der Waals surface area contributed by atoms with Gasteiger partial charge in [-0.2, -0.15) is 0 Å². The first kappa shape index (κ1) is 13.6. The number of benzene rings is 1. The van der Waals surface area contributed by atoms with Gasteiger partial charge < -0.3 is 14.8 Å². The highest BCUT2D eigenvalue weighted by Crippen LogP contribution is 2.56. The summed E-state index contributed by atoms with van der Waals surface area (Å²) in [7, 11) is 0. The van der Waals surface area contributed by atoms with Crippen molar-refractivity contribution >= 4 is 12.4 Å². The summed E-state index contributed by atoms with van der Waals surface area (Å²) >= 11 is 0. The van der Waals surface area contributed by atoms with Gasteiger partial charge in [-0.25, -0.2) is 4.79 Å². The second kappa shape index (κ2) is 5.43. The fraction of sp³-hybridized carbons (Fsp3) is 0.467. The zero-order valence-electron chi connectivity index (χ0n) is 11.3. The molecule has 1 aromatic carbocycles. The lowest BCUT2D eigenvalue weighted by Gasteiger charge is -2.07. The van der Waals surface area contributed by atoms with Crippen molar-refractivity contribution in [1.29, 1.82) is 0 Å². The molecule has 0 unspecified atom stereocenters. The molecule has 2 rings (SSSR count). The van der Waals surface area contributed by atoms with Crippen LogP contribution in [0.25, 0.3) is 0 Å². The number of carbonyl (C=O) groups is 2. The smallest absolute Gasteiger partial charge is 0.407 e. The molecular weight excluding hydrogens is 242 g/mol. The average Bonchev–Trinajstić information content (AvgIpc) is 2.95. The van der Waals surface area contributed by atoms with Crippen LogP contribution in [0, 0.1) is 17.3 Å². The standard InChI is InChI=1S/C15H19NO3/c1-15(2)12(13(15)9-17)8-16-14(18)19-10-11-6-4-3-5-7-11/h3-7,9,12-13H,8,10H2,1-2H3,(H,16,18)/t12-,13+/m0/s1. The maximum absolute atomic E-state index is 11.5. The zero-order chi connectivity index (χ0) is 13.9. The summed E-state index contributed by atoms with van der Waals surface area (Å²) in [6.07, 6.45) is 0.540. The summed E-state index contributed by atoms with van der Waals surface area (Å²) in [5.74, 6) is 0.260. The highest BCUT2D eigenvalue weighted by atomic mass is 16.5. The molecule has 1 saturated carbocycles. The Balaban J connectivity index is 1.70. The number of rotatable bonds is 5. The Morgan fingerprint density at radius 2 is 2.05 bits per heavy atom. The normalized spacial score (nSPS) is 23.5. The number of alkyl carbamates (subject to hydrolysis) is 1. The van der Waals surface area contributed by atoms with Crippen molar-refractivity contribution in [3.63, 3.8) is 0 Å². The van der Waals surface area contributed by atoms with Crippen molar-refractivity contribution < 1.29 is 14.3 Å². The van der Waals surface area contributed by atoms with Crippen LogP contribution in [0.2, 0.25) is 0 Å². The third-order valence-electron chi connectivity index (χ3n) is 3.96. The highest BCUT2D eigenvalue weighted by molar-refractivity contribution is 5.68. The van der Waals surface area contributed by atoms with Crippen LogP contribution in [0.3, 0.4) is 0 Å². The fourth-order valence-corrected chi connectivity index (χ4v) is 2.41. The quantitative estimate of drug-likeness (QED) is 0.828. The van der Waals surface area contributed by atoms with E-state index in [9.17, 15) is 9.59 Å². The van der Waals surface area contributed by atoms with Crippen LogP contribution in [0.15, 0.2) is 30.3 Å². The predicted molar refractivity (Wildman–Crippen MR) is 71.5 cm³/mol. The van der Waals surface area contributed by atoms with Gasteiger partial charge in [0.25, 0.3) is 0 Å². The van der Waals surface area contributed by atoms with Gasteiger partial charge in [0.1, 0.15) is 12.9 Å². The van der Waals surface area contributed by atoms with E-state index in [2.05, 4.69) is 5.32 Å². The molecule has 102 valence electrons. The minimum Gasteiger partial charge on any atom is -0.445 e. The van der Waals surface area contributed by atoms with Crippen molar-refractivity contribution in [3.8, 4) is 0 Å². The summed E-state index contributed by atoms with van der Waals surface area (Å²) in [6, 6.07) is 9.52. The average molecular weight is 261 g/mol. The van der Waals surface area contributed by atoms with Gasteiger partial charge in [0, 0.05) is 12.5 Å². The third kappa shape index (κ3) is 3.13. The van der Waals surface area contributed by atoms with Crippen LogP contribution in [0.1, 0.15) is 19.4 Å². The third-order valence-corrected chi connectivity index (χ3v) is 3.96. The summed E-state index contributed by atoms with van der Waals surface area (Å²) in [5.41, 5.74) is 0.948. The van der Waals surface area contributed by atoms with E-state index in [1.165, 1.54) is 0 Å².